The zero-order valence-corrected chi connectivity index (χ0v) is 17.9. The van der Waals surface area contributed by atoms with Crippen LogP contribution in [0.25, 0.3) is 11.1 Å². The Morgan fingerprint density at radius 3 is 2.53 bits per heavy atom. The van der Waals surface area contributed by atoms with Crippen molar-refractivity contribution < 1.29 is 22.7 Å². The van der Waals surface area contributed by atoms with E-state index in [9.17, 15) is 18.0 Å². The first-order valence-corrected chi connectivity index (χ1v) is 10.1. The number of carbonyl (C=O) groups is 1. The van der Waals surface area contributed by atoms with E-state index in [1.54, 1.807) is 23.2 Å². The lowest BCUT2D eigenvalue weighted by molar-refractivity contribution is -0.137. The van der Waals surface area contributed by atoms with Gasteiger partial charge in [0.05, 0.1) is 23.5 Å². The van der Waals surface area contributed by atoms with Gasteiger partial charge in [-0.15, -0.1) is 0 Å². The van der Waals surface area contributed by atoms with Gasteiger partial charge in [0.25, 0.3) is 5.91 Å². The summed E-state index contributed by atoms with van der Waals surface area (Å²) in [6.45, 7) is 5.99. The molecule has 0 saturated heterocycles. The molecule has 0 aliphatic rings. The first-order valence-electron chi connectivity index (χ1n) is 10.1. The van der Waals surface area contributed by atoms with Crippen LogP contribution in [0.15, 0.2) is 54.9 Å². The zero-order valence-electron chi connectivity index (χ0n) is 17.9. The van der Waals surface area contributed by atoms with Gasteiger partial charge in [0.15, 0.2) is 0 Å². The number of hydrogen-bond acceptors (Lipinski definition) is 5. The molecular weight excluding hydrogens is 421 g/mol. The minimum absolute atomic E-state index is 0.0621. The number of aromatic nitrogens is 3. The number of likely N-dealkylation sites (N-methyl/N-ethyl adjacent to an activating group) is 1. The summed E-state index contributed by atoms with van der Waals surface area (Å²) in [5, 5.41) is 7.93. The molecule has 0 aliphatic carbocycles. The number of aryl methyl sites for hydroxylation is 1. The molecule has 3 aromatic rings. The molecule has 0 bridgehead atoms. The van der Waals surface area contributed by atoms with Crippen LogP contribution in [-0.4, -0.2) is 45.2 Å². The number of benzene rings is 1. The molecule has 32 heavy (non-hydrogen) atoms. The molecule has 9 heteroatoms. The lowest BCUT2D eigenvalue weighted by Crippen LogP contribution is -2.42. The van der Waals surface area contributed by atoms with Gasteiger partial charge in [-0.3, -0.25) is 4.79 Å². The Balaban J connectivity index is 1.75. The second-order valence-electron chi connectivity index (χ2n) is 7.27. The van der Waals surface area contributed by atoms with Crippen LogP contribution in [0.2, 0.25) is 0 Å². The van der Waals surface area contributed by atoms with Gasteiger partial charge in [0.2, 0.25) is 5.88 Å². The SMILES string of the molecule is CCN(C(=O)c1ccccc1-c1cnnc(C)c1)C(C)COc1ccc(C(F)(F)F)cn1. The number of ether oxygens (including phenoxy) is 1. The fourth-order valence-electron chi connectivity index (χ4n) is 3.28. The highest BCUT2D eigenvalue weighted by Gasteiger charge is 2.31. The average molecular weight is 444 g/mol. The van der Waals surface area contributed by atoms with E-state index in [1.165, 1.54) is 6.07 Å². The second-order valence-corrected chi connectivity index (χ2v) is 7.27. The van der Waals surface area contributed by atoms with Crippen LogP contribution >= 0.6 is 0 Å². The van der Waals surface area contributed by atoms with Gasteiger partial charge in [-0.05, 0) is 44.5 Å². The lowest BCUT2D eigenvalue weighted by atomic mass is 9.99. The van der Waals surface area contributed by atoms with E-state index >= 15 is 0 Å². The van der Waals surface area contributed by atoms with Crippen LogP contribution in [-0.2, 0) is 6.18 Å². The van der Waals surface area contributed by atoms with E-state index in [4.69, 9.17) is 4.74 Å². The van der Waals surface area contributed by atoms with Crippen molar-refractivity contribution in [1.29, 1.82) is 0 Å². The van der Waals surface area contributed by atoms with Crippen LogP contribution < -0.4 is 4.74 Å². The standard InChI is InChI=1S/C23H23F3N4O2/c1-4-30(16(3)14-32-21-10-9-18(13-27-21)23(24,25)26)22(31)20-8-6-5-7-19(20)17-11-15(2)29-28-12-17/h5-13,16H,4,14H2,1-3H3. The summed E-state index contributed by atoms with van der Waals surface area (Å²) in [5.74, 6) is -0.124. The zero-order chi connectivity index (χ0) is 23.3. The molecule has 1 aromatic carbocycles. The quantitative estimate of drug-likeness (QED) is 0.524. The number of rotatable bonds is 7. The summed E-state index contributed by atoms with van der Waals surface area (Å²) in [6.07, 6.45) is -2.12. The van der Waals surface area contributed by atoms with Crippen LogP contribution in [0.3, 0.4) is 0 Å². The molecule has 168 valence electrons. The van der Waals surface area contributed by atoms with Gasteiger partial charge < -0.3 is 9.64 Å². The van der Waals surface area contributed by atoms with Crippen molar-refractivity contribution in [3.63, 3.8) is 0 Å². The number of amides is 1. The van der Waals surface area contributed by atoms with Crippen molar-refractivity contribution >= 4 is 5.91 Å². The highest BCUT2D eigenvalue weighted by Crippen LogP contribution is 2.29. The Labute approximate surface area is 184 Å². The predicted octanol–water partition coefficient (Wildman–Crippen LogP) is 4.80. The monoisotopic (exact) mass is 444 g/mol. The van der Waals surface area contributed by atoms with Gasteiger partial charge in [0.1, 0.15) is 6.61 Å². The van der Waals surface area contributed by atoms with Gasteiger partial charge in [-0.25, -0.2) is 4.98 Å². The lowest BCUT2D eigenvalue weighted by Gasteiger charge is -2.28. The molecule has 0 saturated carbocycles. The Kier molecular flexibility index (Phi) is 7.07. The van der Waals surface area contributed by atoms with Crippen molar-refractivity contribution in [2.45, 2.75) is 33.0 Å². The molecule has 0 spiro atoms. The van der Waals surface area contributed by atoms with Gasteiger partial charge in [0, 0.05) is 29.9 Å². The average Bonchev–Trinajstić information content (AvgIpc) is 2.78. The summed E-state index contributed by atoms with van der Waals surface area (Å²) in [5.41, 5.74) is 1.94. The van der Waals surface area contributed by atoms with Gasteiger partial charge in [-0.2, -0.15) is 23.4 Å². The molecule has 2 heterocycles. The molecule has 0 N–H and O–H groups in total. The fourth-order valence-corrected chi connectivity index (χ4v) is 3.28. The Bertz CT molecular complexity index is 1070. The number of carbonyl (C=O) groups excluding carboxylic acids is 1. The summed E-state index contributed by atoms with van der Waals surface area (Å²) in [6, 6.07) is 10.8. The van der Waals surface area contributed by atoms with Crippen molar-refractivity contribution in [2.75, 3.05) is 13.2 Å². The van der Waals surface area contributed by atoms with Gasteiger partial charge in [-0.1, -0.05) is 18.2 Å². The molecule has 6 nitrogen and oxygen atoms in total. The van der Waals surface area contributed by atoms with Crippen LogP contribution in [0, 0.1) is 6.92 Å². The van der Waals surface area contributed by atoms with Crippen LogP contribution in [0.1, 0.15) is 35.5 Å². The first-order chi connectivity index (χ1) is 15.2. The minimum Gasteiger partial charge on any atom is -0.475 e. The number of alkyl halides is 3. The molecule has 0 fully saturated rings. The third kappa shape index (κ3) is 5.40. The summed E-state index contributed by atoms with van der Waals surface area (Å²) < 4.78 is 43.6. The summed E-state index contributed by atoms with van der Waals surface area (Å²) in [4.78, 5) is 18.7. The van der Waals surface area contributed by atoms with Crippen molar-refractivity contribution in [3.05, 3.63) is 71.7 Å². The molecule has 0 radical (unpaired) electrons. The third-order valence-electron chi connectivity index (χ3n) is 4.91. The molecule has 3 rings (SSSR count). The van der Waals surface area contributed by atoms with E-state index in [0.29, 0.717) is 12.1 Å². The highest BCUT2D eigenvalue weighted by molar-refractivity contribution is 6.01. The molecule has 0 aliphatic heterocycles. The van der Waals surface area contributed by atoms with Gasteiger partial charge >= 0.3 is 6.18 Å². The number of hydrogen-bond donors (Lipinski definition) is 0. The molecule has 1 atom stereocenters. The second kappa shape index (κ2) is 9.76. The van der Waals surface area contributed by atoms with Crippen molar-refractivity contribution in [3.8, 4) is 17.0 Å². The van der Waals surface area contributed by atoms with Crippen molar-refractivity contribution in [2.24, 2.45) is 0 Å². The minimum atomic E-state index is -4.46. The Morgan fingerprint density at radius 1 is 1.16 bits per heavy atom. The fraction of sp³-hybridized carbons (Fsp3) is 0.304. The summed E-state index contributed by atoms with van der Waals surface area (Å²) >= 11 is 0. The Morgan fingerprint density at radius 2 is 1.91 bits per heavy atom. The number of halogens is 3. The van der Waals surface area contributed by atoms with E-state index in [1.807, 2.05) is 39.0 Å². The van der Waals surface area contributed by atoms with E-state index < -0.39 is 11.7 Å². The Hall–Kier alpha value is -3.49. The van der Waals surface area contributed by atoms with E-state index in [-0.39, 0.29) is 24.4 Å². The molecule has 2 aromatic heterocycles. The van der Waals surface area contributed by atoms with E-state index in [0.717, 1.165) is 29.1 Å². The number of nitrogens with zero attached hydrogens (tertiary/aromatic N) is 4. The molecular formula is C23H23F3N4O2. The normalized spacial score (nSPS) is 12.3. The summed E-state index contributed by atoms with van der Waals surface area (Å²) in [7, 11) is 0. The van der Waals surface area contributed by atoms with Crippen LogP contribution in [0.5, 0.6) is 5.88 Å². The number of pyridine rings is 1. The van der Waals surface area contributed by atoms with Crippen molar-refractivity contribution in [1.82, 2.24) is 20.1 Å². The molecule has 1 amide bonds. The maximum atomic E-state index is 13.4. The third-order valence-corrected chi connectivity index (χ3v) is 4.91. The smallest absolute Gasteiger partial charge is 0.417 e. The first kappa shape index (κ1) is 23.2. The maximum absolute atomic E-state index is 13.4. The predicted molar refractivity (Wildman–Crippen MR) is 113 cm³/mol. The largest absolute Gasteiger partial charge is 0.475 e. The topological polar surface area (TPSA) is 68.2 Å². The maximum Gasteiger partial charge on any atom is 0.417 e. The van der Waals surface area contributed by atoms with E-state index in [2.05, 4.69) is 15.2 Å². The molecule has 1 unspecified atom stereocenters. The highest BCUT2D eigenvalue weighted by atomic mass is 19.4. The van der Waals surface area contributed by atoms with Crippen LogP contribution in [0.4, 0.5) is 13.2 Å².